The molecule has 9 heteroatoms. The van der Waals surface area contributed by atoms with E-state index in [1.165, 1.54) is 56.3 Å². The summed E-state index contributed by atoms with van der Waals surface area (Å²) in [5.74, 6) is -1.55. The molecular formula is C18H15F2NO6. The highest BCUT2D eigenvalue weighted by Gasteiger charge is 2.24. The number of esters is 1. The van der Waals surface area contributed by atoms with E-state index in [1.54, 1.807) is 0 Å². The molecule has 0 fully saturated rings. The fraction of sp³-hybridized carbons (Fsp3) is 0.222. The molecule has 0 aliphatic heterocycles. The Labute approximate surface area is 152 Å². The third kappa shape index (κ3) is 4.84. The third-order valence-corrected chi connectivity index (χ3v) is 3.74. The zero-order chi connectivity index (χ0) is 20.1. The molecule has 0 aromatic heterocycles. The summed E-state index contributed by atoms with van der Waals surface area (Å²) in [5, 5.41) is 10.9. The zero-order valence-electron chi connectivity index (χ0n) is 14.3. The Morgan fingerprint density at radius 3 is 2.30 bits per heavy atom. The number of nitrogens with zero attached hydrogens (tertiary/aromatic N) is 1. The van der Waals surface area contributed by atoms with Crippen LogP contribution in [0.25, 0.3) is 0 Å². The number of ketones is 1. The van der Waals surface area contributed by atoms with E-state index < -0.39 is 29.4 Å². The SMILES string of the molecule is Cc1c(C(=O)O[C@H](C)C(=O)c2ccc(OC(F)F)cc2)cccc1[N+](=O)[O-]. The summed E-state index contributed by atoms with van der Waals surface area (Å²) < 4.78 is 33.6. The molecule has 1 atom stereocenters. The lowest BCUT2D eigenvalue weighted by atomic mass is 10.1. The number of carbonyl (C=O) groups is 2. The quantitative estimate of drug-likeness (QED) is 0.313. The van der Waals surface area contributed by atoms with Gasteiger partial charge >= 0.3 is 12.6 Å². The van der Waals surface area contributed by atoms with Gasteiger partial charge in [-0.15, -0.1) is 0 Å². The Hall–Kier alpha value is -3.36. The molecule has 0 aliphatic rings. The van der Waals surface area contributed by atoms with Gasteiger partial charge in [0.25, 0.3) is 5.69 Å². The molecule has 2 rings (SSSR count). The second-order valence-electron chi connectivity index (χ2n) is 5.52. The molecule has 0 radical (unpaired) electrons. The van der Waals surface area contributed by atoms with Crippen molar-refractivity contribution in [3.8, 4) is 5.75 Å². The Bertz CT molecular complexity index is 867. The first-order chi connectivity index (χ1) is 12.7. The van der Waals surface area contributed by atoms with Gasteiger partial charge in [0.15, 0.2) is 6.10 Å². The largest absolute Gasteiger partial charge is 0.451 e. The number of hydrogen-bond donors (Lipinski definition) is 0. The molecule has 0 aliphatic carbocycles. The predicted octanol–water partition coefficient (Wildman–Crippen LogP) is 3.93. The normalized spacial score (nSPS) is 11.7. The van der Waals surface area contributed by atoms with Crippen molar-refractivity contribution in [1.82, 2.24) is 0 Å². The maximum absolute atomic E-state index is 12.3. The van der Waals surface area contributed by atoms with E-state index in [0.29, 0.717) is 0 Å². The van der Waals surface area contributed by atoms with Crippen molar-refractivity contribution in [1.29, 1.82) is 0 Å². The number of benzene rings is 2. The minimum absolute atomic E-state index is 0.0236. The molecule has 142 valence electrons. The summed E-state index contributed by atoms with van der Waals surface area (Å²) in [6, 6.07) is 8.88. The van der Waals surface area contributed by atoms with Crippen molar-refractivity contribution in [3.05, 3.63) is 69.3 Å². The average molecular weight is 379 g/mol. The lowest BCUT2D eigenvalue weighted by Crippen LogP contribution is -2.25. The van der Waals surface area contributed by atoms with E-state index in [0.717, 1.165) is 0 Å². The molecular weight excluding hydrogens is 364 g/mol. The molecule has 7 nitrogen and oxygen atoms in total. The lowest BCUT2D eigenvalue weighted by molar-refractivity contribution is -0.385. The monoisotopic (exact) mass is 379 g/mol. The summed E-state index contributed by atoms with van der Waals surface area (Å²) in [5.41, 5.74) is -0.00379. The van der Waals surface area contributed by atoms with Crippen molar-refractivity contribution in [2.24, 2.45) is 0 Å². The number of alkyl halides is 2. The third-order valence-electron chi connectivity index (χ3n) is 3.74. The van der Waals surface area contributed by atoms with Gasteiger partial charge in [0, 0.05) is 17.2 Å². The highest BCUT2D eigenvalue weighted by atomic mass is 19.3. The fourth-order valence-electron chi connectivity index (χ4n) is 2.36. The molecule has 27 heavy (non-hydrogen) atoms. The summed E-state index contributed by atoms with van der Waals surface area (Å²) in [6.07, 6.45) is -1.18. The summed E-state index contributed by atoms with van der Waals surface area (Å²) >= 11 is 0. The van der Waals surface area contributed by atoms with Crippen molar-refractivity contribution < 1.29 is 32.8 Å². The number of nitro benzene ring substituents is 1. The first-order valence-corrected chi connectivity index (χ1v) is 7.74. The van der Waals surface area contributed by atoms with Crippen LogP contribution < -0.4 is 4.74 Å². The second kappa shape index (κ2) is 8.35. The molecule has 0 N–H and O–H groups in total. The highest BCUT2D eigenvalue weighted by molar-refractivity contribution is 6.01. The van der Waals surface area contributed by atoms with Gasteiger partial charge in [-0.1, -0.05) is 6.07 Å². The van der Waals surface area contributed by atoms with Gasteiger partial charge in [0.05, 0.1) is 10.5 Å². The van der Waals surface area contributed by atoms with Crippen molar-refractivity contribution >= 4 is 17.4 Å². The van der Waals surface area contributed by atoms with Gasteiger partial charge in [-0.2, -0.15) is 8.78 Å². The summed E-state index contributed by atoms with van der Waals surface area (Å²) in [4.78, 5) is 34.9. The maximum atomic E-state index is 12.3. The topological polar surface area (TPSA) is 95.7 Å². The van der Waals surface area contributed by atoms with Crippen molar-refractivity contribution in [3.63, 3.8) is 0 Å². The standard InChI is InChI=1S/C18H15F2NO6/c1-10-14(4-3-5-15(10)21(24)25)17(23)26-11(2)16(22)12-6-8-13(9-7-12)27-18(19)20/h3-9,11,18H,1-2H3/t11-/m1/s1. The molecule has 0 bridgehead atoms. The minimum Gasteiger partial charge on any atom is -0.451 e. The minimum atomic E-state index is -2.98. The van der Waals surface area contributed by atoms with E-state index in [-0.39, 0.29) is 28.1 Å². The van der Waals surface area contributed by atoms with E-state index in [9.17, 15) is 28.5 Å². The van der Waals surface area contributed by atoms with E-state index in [4.69, 9.17) is 4.74 Å². The average Bonchev–Trinajstić information content (AvgIpc) is 2.61. The molecule has 0 heterocycles. The molecule has 0 spiro atoms. The number of carbonyl (C=O) groups excluding carboxylic acids is 2. The van der Waals surface area contributed by atoms with Crippen LogP contribution in [0.3, 0.4) is 0 Å². The predicted molar refractivity (Wildman–Crippen MR) is 90.1 cm³/mol. The molecule has 0 unspecified atom stereocenters. The van der Waals surface area contributed by atoms with Crippen LogP contribution in [0.15, 0.2) is 42.5 Å². The summed E-state index contributed by atoms with van der Waals surface area (Å²) in [7, 11) is 0. The van der Waals surface area contributed by atoms with Gasteiger partial charge in [0.1, 0.15) is 5.75 Å². The van der Waals surface area contributed by atoms with Crippen molar-refractivity contribution in [2.45, 2.75) is 26.6 Å². The van der Waals surface area contributed by atoms with Gasteiger partial charge in [-0.05, 0) is 44.2 Å². The zero-order valence-corrected chi connectivity index (χ0v) is 14.3. The Kier molecular flexibility index (Phi) is 6.17. The second-order valence-corrected chi connectivity index (χ2v) is 5.52. The van der Waals surface area contributed by atoms with Crippen LogP contribution in [-0.2, 0) is 4.74 Å². The lowest BCUT2D eigenvalue weighted by Gasteiger charge is -2.14. The Morgan fingerprint density at radius 1 is 1.11 bits per heavy atom. The smallest absolute Gasteiger partial charge is 0.387 e. The van der Waals surface area contributed by atoms with Gasteiger partial charge < -0.3 is 9.47 Å². The number of hydrogen-bond acceptors (Lipinski definition) is 6. The number of ether oxygens (including phenoxy) is 2. The number of rotatable bonds is 7. The van der Waals surface area contributed by atoms with Gasteiger partial charge in [-0.3, -0.25) is 14.9 Å². The molecule has 0 saturated carbocycles. The number of nitro groups is 1. The van der Waals surface area contributed by atoms with Crippen molar-refractivity contribution in [2.75, 3.05) is 0 Å². The van der Waals surface area contributed by atoms with Crippen LogP contribution in [0.2, 0.25) is 0 Å². The number of Topliss-reactive ketones (excluding diaryl/α,β-unsaturated/α-hetero) is 1. The Balaban J connectivity index is 2.11. The first kappa shape index (κ1) is 20.0. The highest BCUT2D eigenvalue weighted by Crippen LogP contribution is 2.22. The van der Waals surface area contributed by atoms with E-state index >= 15 is 0 Å². The van der Waals surface area contributed by atoms with Gasteiger partial charge in [-0.25, -0.2) is 4.79 Å². The molecule has 0 saturated heterocycles. The van der Waals surface area contributed by atoms with Crippen LogP contribution in [0.4, 0.5) is 14.5 Å². The maximum Gasteiger partial charge on any atom is 0.387 e. The summed E-state index contributed by atoms with van der Waals surface area (Å²) in [6.45, 7) is -0.232. The molecule has 2 aromatic rings. The van der Waals surface area contributed by atoms with Crippen LogP contribution in [-0.4, -0.2) is 29.4 Å². The van der Waals surface area contributed by atoms with E-state index in [2.05, 4.69) is 4.74 Å². The molecule has 2 aromatic carbocycles. The first-order valence-electron chi connectivity index (χ1n) is 7.74. The molecule has 0 amide bonds. The van der Waals surface area contributed by atoms with E-state index in [1.807, 2.05) is 0 Å². The Morgan fingerprint density at radius 2 is 1.74 bits per heavy atom. The van der Waals surface area contributed by atoms with Gasteiger partial charge in [0.2, 0.25) is 5.78 Å². The van der Waals surface area contributed by atoms with Crippen LogP contribution in [0.1, 0.15) is 33.2 Å². The fourth-order valence-corrected chi connectivity index (χ4v) is 2.36. The van der Waals surface area contributed by atoms with Crippen LogP contribution in [0, 0.1) is 17.0 Å². The van der Waals surface area contributed by atoms with Crippen LogP contribution >= 0.6 is 0 Å². The van der Waals surface area contributed by atoms with Crippen LogP contribution in [0.5, 0.6) is 5.75 Å². The number of halogens is 2.